The number of hydrogen-bond donors (Lipinski definition) is 2. The van der Waals surface area contributed by atoms with E-state index in [1.807, 2.05) is 30.3 Å². The summed E-state index contributed by atoms with van der Waals surface area (Å²) >= 11 is 6.33. The Hall–Kier alpha value is -1.58. The number of nitrogens with one attached hydrogen (secondary N) is 2. The third-order valence-corrected chi connectivity index (χ3v) is 5.30. The molecule has 2 N–H and O–H groups in total. The monoisotopic (exact) mass is 542 g/mol. The number of aliphatic imine (C=N–C) groups is 1. The molecule has 0 radical (unpaired) electrons. The molecule has 1 aliphatic heterocycles. The number of piperazine rings is 1. The summed E-state index contributed by atoms with van der Waals surface area (Å²) in [6, 6.07) is 14.0. The summed E-state index contributed by atoms with van der Waals surface area (Å²) in [5.41, 5.74) is 2.12. The summed E-state index contributed by atoms with van der Waals surface area (Å²) < 4.78 is 0. The number of guanidine groups is 1. The van der Waals surface area contributed by atoms with Crippen molar-refractivity contribution in [3.8, 4) is 0 Å². The van der Waals surface area contributed by atoms with Gasteiger partial charge in [-0.25, -0.2) is 4.99 Å². The molecule has 164 valence electrons. The van der Waals surface area contributed by atoms with Crippen molar-refractivity contribution in [2.75, 3.05) is 50.7 Å². The maximum atomic E-state index is 6.33. The summed E-state index contributed by atoms with van der Waals surface area (Å²) in [7, 11) is 0. The number of rotatable bonds is 8. The summed E-state index contributed by atoms with van der Waals surface area (Å²) in [5.74, 6) is 0.849. The molecule has 0 bridgehead atoms. The van der Waals surface area contributed by atoms with Crippen molar-refractivity contribution < 1.29 is 0 Å². The summed E-state index contributed by atoms with van der Waals surface area (Å²) in [6.45, 7) is 9.67. The van der Waals surface area contributed by atoms with Crippen molar-refractivity contribution in [2.24, 2.45) is 4.99 Å². The lowest BCUT2D eigenvalue weighted by molar-refractivity contribution is 0.255. The van der Waals surface area contributed by atoms with Gasteiger partial charge in [0.25, 0.3) is 0 Å². The van der Waals surface area contributed by atoms with Gasteiger partial charge in [0.05, 0.1) is 22.9 Å². The summed E-state index contributed by atoms with van der Waals surface area (Å²) in [5, 5.41) is 7.57. The van der Waals surface area contributed by atoms with Gasteiger partial charge >= 0.3 is 0 Å². The lowest BCUT2D eigenvalue weighted by Crippen LogP contribution is -2.47. The van der Waals surface area contributed by atoms with Crippen LogP contribution in [0.5, 0.6) is 0 Å². The molecule has 0 atom stereocenters. The zero-order valence-corrected chi connectivity index (χ0v) is 20.6. The molecule has 1 aromatic heterocycles. The fourth-order valence-corrected chi connectivity index (χ4v) is 3.68. The van der Waals surface area contributed by atoms with E-state index in [0.717, 1.165) is 74.6 Å². The van der Waals surface area contributed by atoms with E-state index in [1.165, 1.54) is 0 Å². The molecule has 0 saturated carbocycles. The number of aromatic nitrogens is 1. The lowest BCUT2D eigenvalue weighted by Gasteiger charge is -2.36. The molecule has 1 fully saturated rings. The number of para-hydroxylation sites is 1. The highest BCUT2D eigenvalue weighted by Gasteiger charge is 2.18. The highest BCUT2D eigenvalue weighted by molar-refractivity contribution is 14.0. The fraction of sp³-hybridized carbons (Fsp3) is 0.455. The molecule has 0 unspecified atom stereocenters. The number of nitrogens with zero attached hydrogens (tertiary/aromatic N) is 4. The molecule has 0 amide bonds. The molecule has 2 aromatic rings. The van der Waals surface area contributed by atoms with Crippen molar-refractivity contribution in [1.29, 1.82) is 0 Å². The number of halogens is 2. The third-order valence-electron chi connectivity index (χ3n) is 4.98. The second-order valence-electron chi connectivity index (χ2n) is 7.08. The van der Waals surface area contributed by atoms with E-state index in [0.29, 0.717) is 6.54 Å². The first-order chi connectivity index (χ1) is 14.3. The van der Waals surface area contributed by atoms with Gasteiger partial charge in [-0.2, -0.15) is 0 Å². The van der Waals surface area contributed by atoms with Gasteiger partial charge in [0, 0.05) is 45.5 Å². The van der Waals surface area contributed by atoms with Crippen LogP contribution in [0.4, 0.5) is 5.69 Å². The summed E-state index contributed by atoms with van der Waals surface area (Å²) in [6.07, 6.45) is 2.89. The van der Waals surface area contributed by atoms with Crippen LogP contribution in [-0.2, 0) is 6.54 Å². The van der Waals surface area contributed by atoms with Crippen molar-refractivity contribution in [2.45, 2.75) is 19.9 Å². The smallest absolute Gasteiger partial charge is 0.191 e. The largest absolute Gasteiger partial charge is 0.368 e. The van der Waals surface area contributed by atoms with Gasteiger partial charge < -0.3 is 15.5 Å². The maximum Gasteiger partial charge on any atom is 0.191 e. The fourth-order valence-electron chi connectivity index (χ4n) is 3.42. The average molecular weight is 543 g/mol. The van der Waals surface area contributed by atoms with Crippen molar-refractivity contribution in [3.63, 3.8) is 0 Å². The minimum atomic E-state index is 0. The first-order valence-corrected chi connectivity index (χ1v) is 10.8. The molecule has 8 heteroatoms. The molecule has 1 aromatic carbocycles. The molecule has 1 aliphatic rings. The second-order valence-corrected chi connectivity index (χ2v) is 7.48. The van der Waals surface area contributed by atoms with E-state index in [2.05, 4.69) is 49.5 Å². The van der Waals surface area contributed by atoms with Crippen LogP contribution >= 0.6 is 35.6 Å². The predicted octanol–water partition coefficient (Wildman–Crippen LogP) is 3.62. The van der Waals surface area contributed by atoms with Crippen molar-refractivity contribution >= 4 is 47.2 Å². The molecule has 2 heterocycles. The Bertz CT molecular complexity index is 765. The molecule has 6 nitrogen and oxygen atoms in total. The van der Waals surface area contributed by atoms with Crippen LogP contribution in [0, 0.1) is 0 Å². The SMILES string of the molecule is CCNC(=NCc1ccccn1)NCCCN1CCN(c2ccccc2Cl)CC1.I. The summed E-state index contributed by atoms with van der Waals surface area (Å²) in [4.78, 5) is 13.8. The van der Waals surface area contributed by atoms with Gasteiger partial charge in [0.1, 0.15) is 0 Å². The van der Waals surface area contributed by atoms with Crippen LogP contribution in [-0.4, -0.2) is 61.7 Å². The molecular weight excluding hydrogens is 511 g/mol. The zero-order chi connectivity index (χ0) is 20.3. The van der Waals surface area contributed by atoms with E-state index in [1.54, 1.807) is 6.20 Å². The van der Waals surface area contributed by atoms with E-state index >= 15 is 0 Å². The third kappa shape index (κ3) is 7.92. The maximum absolute atomic E-state index is 6.33. The molecule has 0 aliphatic carbocycles. The van der Waals surface area contributed by atoms with Crippen molar-refractivity contribution in [1.82, 2.24) is 20.5 Å². The molecular formula is C22H32ClIN6. The van der Waals surface area contributed by atoms with Gasteiger partial charge in [0.2, 0.25) is 0 Å². The predicted molar refractivity (Wildman–Crippen MR) is 137 cm³/mol. The lowest BCUT2D eigenvalue weighted by atomic mass is 10.2. The Balaban J connectivity index is 0.00000320. The highest BCUT2D eigenvalue weighted by Crippen LogP contribution is 2.25. The van der Waals surface area contributed by atoms with Gasteiger partial charge in [-0.3, -0.25) is 9.88 Å². The molecule has 3 rings (SSSR count). The second kappa shape index (κ2) is 13.7. The van der Waals surface area contributed by atoms with Gasteiger partial charge in [-0.05, 0) is 44.2 Å². The number of pyridine rings is 1. The Morgan fingerprint density at radius 2 is 1.83 bits per heavy atom. The van der Waals surface area contributed by atoms with Crippen LogP contribution < -0.4 is 15.5 Å². The van der Waals surface area contributed by atoms with Gasteiger partial charge in [-0.15, -0.1) is 24.0 Å². The highest BCUT2D eigenvalue weighted by atomic mass is 127. The van der Waals surface area contributed by atoms with E-state index in [9.17, 15) is 0 Å². The van der Waals surface area contributed by atoms with Crippen LogP contribution in [0.25, 0.3) is 0 Å². The Morgan fingerprint density at radius 1 is 1.07 bits per heavy atom. The Kier molecular flexibility index (Phi) is 11.2. The van der Waals surface area contributed by atoms with Crippen LogP contribution in [0.1, 0.15) is 19.0 Å². The van der Waals surface area contributed by atoms with Gasteiger partial charge in [0.15, 0.2) is 5.96 Å². The Labute approximate surface area is 202 Å². The Morgan fingerprint density at radius 3 is 2.53 bits per heavy atom. The first-order valence-electron chi connectivity index (χ1n) is 10.4. The number of benzene rings is 1. The standard InChI is InChI=1S/C22H31ClN6.HI/c1-2-24-22(27-18-19-8-5-6-11-25-19)26-12-7-13-28-14-16-29(17-15-28)21-10-4-3-9-20(21)23;/h3-6,8-11H,2,7,12-18H2,1H3,(H2,24,26,27);1H. The van der Waals surface area contributed by atoms with Crippen LogP contribution in [0.3, 0.4) is 0 Å². The van der Waals surface area contributed by atoms with Crippen LogP contribution in [0.2, 0.25) is 5.02 Å². The van der Waals surface area contributed by atoms with Crippen LogP contribution in [0.15, 0.2) is 53.7 Å². The molecule has 30 heavy (non-hydrogen) atoms. The number of hydrogen-bond acceptors (Lipinski definition) is 4. The van der Waals surface area contributed by atoms with Gasteiger partial charge in [-0.1, -0.05) is 29.8 Å². The molecule has 1 saturated heterocycles. The average Bonchev–Trinajstić information content (AvgIpc) is 2.76. The quantitative estimate of drug-likeness (QED) is 0.231. The minimum Gasteiger partial charge on any atom is -0.368 e. The van der Waals surface area contributed by atoms with E-state index in [-0.39, 0.29) is 24.0 Å². The normalized spacial score (nSPS) is 14.9. The van der Waals surface area contributed by atoms with E-state index < -0.39 is 0 Å². The minimum absolute atomic E-state index is 0. The topological polar surface area (TPSA) is 55.8 Å². The van der Waals surface area contributed by atoms with Crippen molar-refractivity contribution in [3.05, 3.63) is 59.4 Å². The number of anilines is 1. The molecule has 0 spiro atoms. The zero-order valence-electron chi connectivity index (χ0n) is 17.6. The first kappa shape index (κ1) is 24.7. The van der Waals surface area contributed by atoms with E-state index in [4.69, 9.17) is 11.6 Å².